The third-order valence-corrected chi connectivity index (χ3v) is 2.74. The second-order valence-corrected chi connectivity index (χ2v) is 4.17. The van der Waals surface area contributed by atoms with E-state index in [-0.39, 0.29) is 11.9 Å². The predicted molar refractivity (Wildman–Crippen MR) is 64.7 cm³/mol. The summed E-state index contributed by atoms with van der Waals surface area (Å²) in [5, 5.41) is 0.696. The van der Waals surface area contributed by atoms with Gasteiger partial charge in [0, 0.05) is 11.6 Å². The minimum atomic E-state index is -0.274. The first kappa shape index (κ1) is 13.0. The van der Waals surface area contributed by atoms with Crippen molar-refractivity contribution in [3.8, 4) is 0 Å². The molecule has 1 aromatic carbocycles. The second kappa shape index (κ2) is 5.84. The largest absolute Gasteiger partial charge is 0.293 e. The number of hydrogen-bond donors (Lipinski definition) is 2. The van der Waals surface area contributed by atoms with Crippen LogP contribution < -0.4 is 11.3 Å². The van der Waals surface area contributed by atoms with Gasteiger partial charge in [-0.15, -0.1) is 0 Å². The Morgan fingerprint density at radius 1 is 1.62 bits per heavy atom. The van der Waals surface area contributed by atoms with Gasteiger partial charge in [-0.1, -0.05) is 23.7 Å². The van der Waals surface area contributed by atoms with Gasteiger partial charge in [0.15, 0.2) is 0 Å². The second-order valence-electron chi connectivity index (χ2n) is 3.73. The maximum Gasteiger partial charge on any atom is 0.250 e. The molecule has 5 heteroatoms. The van der Waals surface area contributed by atoms with Crippen LogP contribution in [-0.2, 0) is 11.3 Å². The fourth-order valence-electron chi connectivity index (χ4n) is 1.38. The fraction of sp³-hybridized carbons (Fsp3) is 0.364. The Morgan fingerprint density at radius 2 is 2.31 bits per heavy atom. The van der Waals surface area contributed by atoms with Crippen LogP contribution in [0.25, 0.3) is 0 Å². The molecule has 0 radical (unpaired) electrons. The van der Waals surface area contributed by atoms with E-state index >= 15 is 0 Å². The van der Waals surface area contributed by atoms with Crippen molar-refractivity contribution in [1.82, 2.24) is 10.3 Å². The average Bonchev–Trinajstić information content (AvgIpc) is 2.27. The molecule has 0 fully saturated rings. The summed E-state index contributed by atoms with van der Waals surface area (Å²) in [6, 6.07) is 7.28. The van der Waals surface area contributed by atoms with Crippen molar-refractivity contribution in [2.24, 2.45) is 5.84 Å². The van der Waals surface area contributed by atoms with Gasteiger partial charge >= 0.3 is 0 Å². The number of amides is 1. The molecule has 0 aromatic heterocycles. The SMILES string of the molecule is CC(C(=O)NN)N(C)Cc1cccc(Cl)c1. The first-order valence-corrected chi connectivity index (χ1v) is 5.37. The zero-order valence-corrected chi connectivity index (χ0v) is 10.2. The molecule has 3 N–H and O–H groups in total. The number of nitrogens with two attached hydrogens (primary N) is 1. The number of rotatable bonds is 4. The summed E-state index contributed by atoms with van der Waals surface area (Å²) >= 11 is 5.88. The highest BCUT2D eigenvalue weighted by Gasteiger charge is 2.16. The third-order valence-electron chi connectivity index (χ3n) is 2.50. The minimum absolute atomic E-state index is 0.204. The van der Waals surface area contributed by atoms with E-state index in [1.807, 2.05) is 36.2 Å². The third kappa shape index (κ3) is 3.48. The van der Waals surface area contributed by atoms with Crippen molar-refractivity contribution in [2.75, 3.05) is 7.05 Å². The molecule has 16 heavy (non-hydrogen) atoms. The standard InChI is InChI=1S/C11H16ClN3O/c1-8(11(16)14-13)15(2)7-9-4-3-5-10(12)6-9/h3-6,8H,7,13H2,1-2H3,(H,14,16). The number of nitrogens with zero attached hydrogens (tertiary/aromatic N) is 1. The van der Waals surface area contributed by atoms with Crippen LogP contribution in [-0.4, -0.2) is 23.9 Å². The molecule has 0 saturated heterocycles. The topological polar surface area (TPSA) is 58.4 Å². The molecule has 0 aliphatic rings. The maximum atomic E-state index is 11.3. The van der Waals surface area contributed by atoms with Gasteiger partial charge < -0.3 is 0 Å². The molecule has 0 aliphatic heterocycles. The van der Waals surface area contributed by atoms with Crippen molar-refractivity contribution in [1.29, 1.82) is 0 Å². The summed E-state index contributed by atoms with van der Waals surface area (Å²) in [6.07, 6.45) is 0. The number of halogens is 1. The Morgan fingerprint density at radius 3 is 2.88 bits per heavy atom. The summed E-state index contributed by atoms with van der Waals surface area (Å²) in [4.78, 5) is 13.2. The Kier molecular flexibility index (Phi) is 4.73. The van der Waals surface area contributed by atoms with Crippen LogP contribution in [0.5, 0.6) is 0 Å². The van der Waals surface area contributed by atoms with Gasteiger partial charge in [0.05, 0.1) is 6.04 Å². The van der Waals surface area contributed by atoms with E-state index in [4.69, 9.17) is 17.4 Å². The minimum Gasteiger partial charge on any atom is -0.293 e. The summed E-state index contributed by atoms with van der Waals surface area (Å²) in [7, 11) is 1.86. The van der Waals surface area contributed by atoms with Crippen LogP contribution >= 0.6 is 11.6 Å². The molecule has 1 unspecified atom stereocenters. The molecule has 0 spiro atoms. The Bertz CT molecular complexity index is 370. The molecule has 0 heterocycles. The normalized spacial score (nSPS) is 12.6. The van der Waals surface area contributed by atoms with Gasteiger partial charge in [0.1, 0.15) is 0 Å². The number of hydrogen-bond acceptors (Lipinski definition) is 3. The fourth-order valence-corrected chi connectivity index (χ4v) is 1.59. The van der Waals surface area contributed by atoms with Crippen LogP contribution in [0.3, 0.4) is 0 Å². The molecular weight excluding hydrogens is 226 g/mol. The maximum absolute atomic E-state index is 11.3. The number of benzene rings is 1. The van der Waals surface area contributed by atoms with Crippen molar-refractivity contribution in [3.63, 3.8) is 0 Å². The summed E-state index contributed by atoms with van der Waals surface area (Å²) in [6.45, 7) is 2.45. The quantitative estimate of drug-likeness (QED) is 0.472. The van der Waals surface area contributed by atoms with Crippen LogP contribution in [0.1, 0.15) is 12.5 Å². The number of nitrogens with one attached hydrogen (secondary N) is 1. The van der Waals surface area contributed by atoms with Gasteiger partial charge in [-0.3, -0.25) is 15.1 Å². The predicted octanol–water partition coefficient (Wildman–Crippen LogP) is 1.15. The van der Waals surface area contributed by atoms with E-state index in [9.17, 15) is 4.79 Å². The van der Waals surface area contributed by atoms with Gasteiger partial charge in [0.25, 0.3) is 5.91 Å². The molecule has 0 saturated carbocycles. The Labute approximate surface area is 100 Å². The first-order chi connectivity index (χ1) is 7.54. The molecule has 88 valence electrons. The molecule has 1 atom stereocenters. The average molecular weight is 242 g/mol. The Balaban J connectivity index is 2.64. The monoisotopic (exact) mass is 241 g/mol. The Hall–Kier alpha value is -1.10. The van der Waals surface area contributed by atoms with Gasteiger partial charge in [0.2, 0.25) is 0 Å². The lowest BCUT2D eigenvalue weighted by atomic mass is 10.2. The lowest BCUT2D eigenvalue weighted by Gasteiger charge is -2.23. The van der Waals surface area contributed by atoms with Crippen molar-refractivity contribution in [2.45, 2.75) is 19.5 Å². The molecule has 1 amide bonds. The van der Waals surface area contributed by atoms with Crippen LogP contribution in [0, 0.1) is 0 Å². The van der Waals surface area contributed by atoms with E-state index in [2.05, 4.69) is 5.43 Å². The lowest BCUT2D eigenvalue weighted by Crippen LogP contribution is -2.45. The van der Waals surface area contributed by atoms with E-state index in [0.717, 1.165) is 5.56 Å². The summed E-state index contributed by atoms with van der Waals surface area (Å²) < 4.78 is 0. The van der Waals surface area contributed by atoms with E-state index in [1.165, 1.54) is 0 Å². The van der Waals surface area contributed by atoms with Crippen LogP contribution in [0.2, 0.25) is 5.02 Å². The highest BCUT2D eigenvalue weighted by atomic mass is 35.5. The first-order valence-electron chi connectivity index (χ1n) is 4.99. The van der Waals surface area contributed by atoms with Crippen LogP contribution in [0.4, 0.5) is 0 Å². The van der Waals surface area contributed by atoms with Gasteiger partial charge in [-0.25, -0.2) is 5.84 Å². The number of carbonyl (C=O) groups excluding carboxylic acids is 1. The molecule has 4 nitrogen and oxygen atoms in total. The van der Waals surface area contributed by atoms with E-state index in [0.29, 0.717) is 11.6 Å². The number of likely N-dealkylation sites (N-methyl/N-ethyl adjacent to an activating group) is 1. The molecule has 0 aliphatic carbocycles. The van der Waals surface area contributed by atoms with E-state index < -0.39 is 0 Å². The summed E-state index contributed by atoms with van der Waals surface area (Å²) in [5.41, 5.74) is 3.20. The highest BCUT2D eigenvalue weighted by Crippen LogP contribution is 2.13. The van der Waals surface area contributed by atoms with Gasteiger partial charge in [-0.05, 0) is 31.7 Å². The molecule has 1 rings (SSSR count). The van der Waals surface area contributed by atoms with E-state index in [1.54, 1.807) is 6.92 Å². The van der Waals surface area contributed by atoms with Crippen molar-refractivity contribution >= 4 is 17.5 Å². The zero-order chi connectivity index (χ0) is 12.1. The molecule has 1 aromatic rings. The van der Waals surface area contributed by atoms with Crippen LogP contribution in [0.15, 0.2) is 24.3 Å². The van der Waals surface area contributed by atoms with Crippen molar-refractivity contribution < 1.29 is 4.79 Å². The van der Waals surface area contributed by atoms with Gasteiger partial charge in [-0.2, -0.15) is 0 Å². The molecule has 0 bridgehead atoms. The zero-order valence-electron chi connectivity index (χ0n) is 9.40. The molecular formula is C11H16ClN3O. The number of carbonyl (C=O) groups is 1. The summed E-state index contributed by atoms with van der Waals surface area (Å²) in [5.74, 6) is 4.88. The van der Waals surface area contributed by atoms with Crippen molar-refractivity contribution in [3.05, 3.63) is 34.9 Å². The smallest absolute Gasteiger partial charge is 0.250 e. The highest BCUT2D eigenvalue weighted by molar-refractivity contribution is 6.30. The lowest BCUT2D eigenvalue weighted by molar-refractivity contribution is -0.125. The number of hydrazine groups is 1.